The van der Waals surface area contributed by atoms with Gasteiger partial charge in [-0.2, -0.15) is 0 Å². The molecule has 0 fully saturated rings. The van der Waals surface area contributed by atoms with Gasteiger partial charge in [-0.3, -0.25) is 10.1 Å². The van der Waals surface area contributed by atoms with Crippen molar-refractivity contribution in [3.05, 3.63) is 58.2 Å². The highest BCUT2D eigenvalue weighted by Crippen LogP contribution is 2.22. The maximum Gasteiger partial charge on any atom is 0.410 e. The lowest BCUT2D eigenvalue weighted by Gasteiger charge is -2.12. The zero-order valence-electron chi connectivity index (χ0n) is 12.0. The zero-order valence-corrected chi connectivity index (χ0v) is 12.8. The van der Waals surface area contributed by atoms with Gasteiger partial charge in [-0.1, -0.05) is 35.9 Å². The summed E-state index contributed by atoms with van der Waals surface area (Å²) < 4.78 is 0. The van der Waals surface area contributed by atoms with E-state index in [9.17, 15) is 9.59 Å². The Morgan fingerprint density at radius 2 is 1.83 bits per heavy atom. The molecule has 7 heteroatoms. The van der Waals surface area contributed by atoms with E-state index in [4.69, 9.17) is 16.7 Å². The van der Waals surface area contributed by atoms with Gasteiger partial charge in [0.15, 0.2) is 0 Å². The van der Waals surface area contributed by atoms with E-state index in [1.165, 1.54) is 23.3 Å². The summed E-state index contributed by atoms with van der Waals surface area (Å²) in [4.78, 5) is 27.0. The van der Waals surface area contributed by atoms with E-state index in [-0.39, 0.29) is 28.5 Å². The number of hydrogen-bond acceptors (Lipinski definition) is 3. The van der Waals surface area contributed by atoms with Crippen LogP contribution < -0.4 is 10.6 Å². The number of nitrogens with one attached hydrogen (secondary N) is 2. The predicted octanol–water partition coefficient (Wildman–Crippen LogP) is 2.72. The number of fused-ring (bicyclic) bond motifs is 1. The van der Waals surface area contributed by atoms with Gasteiger partial charge in [0.05, 0.1) is 0 Å². The maximum absolute atomic E-state index is 12.3. The summed E-state index contributed by atoms with van der Waals surface area (Å²) in [6.07, 6.45) is 0.267. The summed E-state index contributed by atoms with van der Waals surface area (Å²) in [6, 6.07) is 10.8. The third kappa shape index (κ3) is 3.60. The molecule has 1 heterocycles. The molecule has 6 nitrogen and oxygen atoms in total. The molecule has 0 saturated carbocycles. The van der Waals surface area contributed by atoms with Crippen LogP contribution >= 0.6 is 11.6 Å². The highest BCUT2D eigenvalue weighted by molar-refractivity contribution is 6.31. The van der Waals surface area contributed by atoms with Gasteiger partial charge in [0.2, 0.25) is 0 Å². The number of rotatable bonds is 3. The lowest BCUT2D eigenvalue weighted by molar-refractivity contribution is 0.0933. The minimum atomic E-state index is -1.27. The van der Waals surface area contributed by atoms with Crippen molar-refractivity contribution in [2.75, 3.05) is 5.32 Å². The first kappa shape index (κ1) is 15.3. The summed E-state index contributed by atoms with van der Waals surface area (Å²) in [5, 5.41) is 14.0. The number of benzene rings is 1. The Hall–Kier alpha value is -2.60. The summed E-state index contributed by atoms with van der Waals surface area (Å²) in [7, 11) is 0. The fraction of sp³-hybridized carbons (Fsp3) is 0.188. The number of carbonyl (C=O) groups excluding carboxylic acids is 1. The number of pyridine rings is 1. The van der Waals surface area contributed by atoms with Crippen LogP contribution in [0.2, 0.25) is 5.02 Å². The Morgan fingerprint density at radius 1 is 1.17 bits per heavy atom. The molecule has 2 amide bonds. The van der Waals surface area contributed by atoms with E-state index in [0.717, 1.165) is 12.8 Å². The highest BCUT2D eigenvalue weighted by atomic mass is 35.5. The molecule has 3 N–H and O–H groups in total. The topological polar surface area (TPSA) is 91.3 Å². The lowest BCUT2D eigenvalue weighted by Crippen LogP contribution is -2.35. The summed E-state index contributed by atoms with van der Waals surface area (Å²) in [6.45, 7) is 0. The molecule has 0 atom stereocenters. The molecule has 0 aliphatic heterocycles. The fourth-order valence-corrected chi connectivity index (χ4v) is 2.91. The normalized spacial score (nSPS) is 13.4. The average molecular weight is 332 g/mol. The predicted molar refractivity (Wildman–Crippen MR) is 86.0 cm³/mol. The van der Waals surface area contributed by atoms with Gasteiger partial charge < -0.3 is 10.4 Å². The van der Waals surface area contributed by atoms with E-state index in [1.807, 2.05) is 24.3 Å². The van der Waals surface area contributed by atoms with Crippen LogP contribution in [0.3, 0.4) is 0 Å². The van der Waals surface area contributed by atoms with Crippen LogP contribution in [0.4, 0.5) is 10.6 Å². The quantitative estimate of drug-likeness (QED) is 0.806. The SMILES string of the molecule is O=C(O)Nc1cc(Cl)cc(C(=O)NC2Cc3ccccc3C2)n1. The molecule has 118 valence electrons. The zero-order chi connectivity index (χ0) is 16.4. The maximum atomic E-state index is 12.3. The number of amides is 2. The van der Waals surface area contributed by atoms with E-state index in [1.54, 1.807) is 0 Å². The van der Waals surface area contributed by atoms with Gasteiger partial charge in [-0.05, 0) is 36.1 Å². The molecule has 2 aromatic rings. The van der Waals surface area contributed by atoms with E-state index in [0.29, 0.717) is 0 Å². The third-order valence-corrected chi connectivity index (χ3v) is 3.86. The molecule has 1 aliphatic rings. The largest absolute Gasteiger partial charge is 0.465 e. The molecule has 0 unspecified atom stereocenters. The Bertz CT molecular complexity index is 754. The molecule has 23 heavy (non-hydrogen) atoms. The van der Waals surface area contributed by atoms with Crippen molar-refractivity contribution in [3.8, 4) is 0 Å². The van der Waals surface area contributed by atoms with Crippen molar-refractivity contribution in [2.24, 2.45) is 0 Å². The Morgan fingerprint density at radius 3 is 2.43 bits per heavy atom. The molecule has 1 aromatic heterocycles. The number of halogens is 1. The van der Waals surface area contributed by atoms with Crippen LogP contribution in [0.1, 0.15) is 21.6 Å². The van der Waals surface area contributed by atoms with Gasteiger partial charge in [-0.25, -0.2) is 9.78 Å². The van der Waals surface area contributed by atoms with Gasteiger partial charge in [0.1, 0.15) is 11.5 Å². The van der Waals surface area contributed by atoms with Crippen LogP contribution in [-0.4, -0.2) is 28.1 Å². The number of aromatic nitrogens is 1. The second kappa shape index (κ2) is 6.26. The van der Waals surface area contributed by atoms with Crippen molar-refractivity contribution >= 4 is 29.4 Å². The first-order valence-corrected chi connectivity index (χ1v) is 7.44. The second-order valence-electron chi connectivity index (χ2n) is 5.33. The minimum Gasteiger partial charge on any atom is -0.465 e. The second-order valence-corrected chi connectivity index (χ2v) is 5.77. The molecule has 3 rings (SSSR count). The van der Waals surface area contributed by atoms with Crippen molar-refractivity contribution < 1.29 is 14.7 Å². The molecule has 0 bridgehead atoms. The smallest absolute Gasteiger partial charge is 0.410 e. The molecular formula is C16H14ClN3O3. The van der Waals surface area contributed by atoms with Crippen LogP contribution in [-0.2, 0) is 12.8 Å². The molecular weight excluding hydrogens is 318 g/mol. The molecule has 1 aromatic carbocycles. The van der Waals surface area contributed by atoms with Gasteiger partial charge in [0.25, 0.3) is 5.91 Å². The van der Waals surface area contributed by atoms with E-state index < -0.39 is 6.09 Å². The summed E-state index contributed by atoms with van der Waals surface area (Å²) >= 11 is 5.91. The van der Waals surface area contributed by atoms with Crippen LogP contribution in [0.5, 0.6) is 0 Å². The monoisotopic (exact) mass is 331 g/mol. The Labute approximate surface area is 137 Å². The average Bonchev–Trinajstić information content (AvgIpc) is 2.87. The molecule has 0 spiro atoms. The number of anilines is 1. The third-order valence-electron chi connectivity index (χ3n) is 3.64. The first-order valence-electron chi connectivity index (χ1n) is 7.06. The van der Waals surface area contributed by atoms with Gasteiger partial charge >= 0.3 is 6.09 Å². The van der Waals surface area contributed by atoms with Gasteiger partial charge in [-0.15, -0.1) is 0 Å². The first-order chi connectivity index (χ1) is 11.0. The molecule has 0 saturated heterocycles. The number of hydrogen-bond donors (Lipinski definition) is 3. The minimum absolute atomic E-state index is 0.00318. The van der Waals surface area contributed by atoms with E-state index >= 15 is 0 Å². The van der Waals surface area contributed by atoms with Crippen molar-refractivity contribution in [1.29, 1.82) is 0 Å². The summed E-state index contributed by atoms with van der Waals surface area (Å²) in [5.41, 5.74) is 2.53. The molecule has 1 aliphatic carbocycles. The fourth-order valence-electron chi connectivity index (χ4n) is 2.71. The lowest BCUT2D eigenvalue weighted by atomic mass is 10.1. The van der Waals surface area contributed by atoms with Crippen molar-refractivity contribution in [2.45, 2.75) is 18.9 Å². The van der Waals surface area contributed by atoms with Crippen molar-refractivity contribution in [3.63, 3.8) is 0 Å². The standard InChI is InChI=1S/C16H14ClN3O3/c17-11-7-13(19-14(8-11)20-16(22)23)15(21)18-12-5-9-3-1-2-4-10(9)6-12/h1-4,7-8,12H,5-6H2,(H,18,21)(H,19,20)(H,22,23). The summed E-state index contributed by atoms with van der Waals surface area (Å²) in [5.74, 6) is -0.358. The van der Waals surface area contributed by atoms with E-state index in [2.05, 4.69) is 15.6 Å². The van der Waals surface area contributed by atoms with Crippen LogP contribution in [0.15, 0.2) is 36.4 Å². The number of carbonyl (C=O) groups is 2. The Kier molecular flexibility index (Phi) is 4.16. The van der Waals surface area contributed by atoms with Crippen LogP contribution in [0, 0.1) is 0 Å². The van der Waals surface area contributed by atoms with Crippen LogP contribution in [0.25, 0.3) is 0 Å². The number of nitrogens with zero attached hydrogens (tertiary/aromatic N) is 1. The van der Waals surface area contributed by atoms with Gasteiger partial charge in [0, 0.05) is 11.1 Å². The Balaban J connectivity index is 1.72. The molecule has 0 radical (unpaired) electrons. The van der Waals surface area contributed by atoms with Crippen molar-refractivity contribution in [1.82, 2.24) is 10.3 Å². The number of carboxylic acid groups (broad SMARTS) is 1. The highest BCUT2D eigenvalue weighted by Gasteiger charge is 2.23.